The van der Waals surface area contributed by atoms with Gasteiger partial charge in [-0.25, -0.2) is 4.39 Å². The van der Waals surface area contributed by atoms with Crippen LogP contribution in [-0.4, -0.2) is 0 Å². The van der Waals surface area contributed by atoms with Gasteiger partial charge in [-0.05, 0) is 37.3 Å². The van der Waals surface area contributed by atoms with Gasteiger partial charge >= 0.3 is 0 Å². The highest BCUT2D eigenvalue weighted by molar-refractivity contribution is 6.32. The van der Waals surface area contributed by atoms with Crippen molar-refractivity contribution in [1.29, 1.82) is 0 Å². The van der Waals surface area contributed by atoms with Crippen LogP contribution < -0.4 is 5.73 Å². The van der Waals surface area contributed by atoms with Crippen molar-refractivity contribution in [2.24, 2.45) is 11.7 Å². The minimum absolute atomic E-state index is 0.255. The minimum Gasteiger partial charge on any atom is -0.324 e. The summed E-state index contributed by atoms with van der Waals surface area (Å²) in [7, 11) is 0. The van der Waals surface area contributed by atoms with Crippen LogP contribution in [0.4, 0.5) is 4.39 Å². The van der Waals surface area contributed by atoms with E-state index in [9.17, 15) is 4.39 Å². The molecular formula is C13H17ClFN. The molecule has 0 spiro atoms. The van der Waals surface area contributed by atoms with Crippen molar-refractivity contribution in [2.45, 2.75) is 38.6 Å². The second kappa shape index (κ2) is 4.72. The smallest absolute Gasteiger partial charge is 0.129 e. The zero-order valence-corrected chi connectivity index (χ0v) is 10.2. The molecule has 1 atom stereocenters. The Hall–Kier alpha value is -0.600. The first-order valence-electron chi connectivity index (χ1n) is 5.81. The first kappa shape index (κ1) is 11.9. The fourth-order valence-electron chi connectivity index (χ4n) is 2.54. The van der Waals surface area contributed by atoms with Crippen LogP contribution in [0.5, 0.6) is 0 Å². The van der Waals surface area contributed by atoms with Crippen molar-refractivity contribution in [3.05, 3.63) is 34.1 Å². The fraction of sp³-hybridized carbons (Fsp3) is 0.538. The summed E-state index contributed by atoms with van der Waals surface area (Å²) < 4.78 is 13.8. The molecule has 1 aromatic rings. The molecule has 0 radical (unpaired) electrons. The maximum Gasteiger partial charge on any atom is 0.129 e. The summed E-state index contributed by atoms with van der Waals surface area (Å²) in [5.41, 5.74) is 7.55. The van der Waals surface area contributed by atoms with Crippen LogP contribution in [0.25, 0.3) is 0 Å². The van der Waals surface area contributed by atoms with Gasteiger partial charge < -0.3 is 5.73 Å². The van der Waals surface area contributed by atoms with E-state index in [-0.39, 0.29) is 11.9 Å². The lowest BCUT2D eigenvalue weighted by Gasteiger charge is -2.21. The van der Waals surface area contributed by atoms with Gasteiger partial charge in [-0.2, -0.15) is 0 Å². The van der Waals surface area contributed by atoms with Crippen molar-refractivity contribution in [2.75, 3.05) is 0 Å². The van der Waals surface area contributed by atoms with E-state index in [0.717, 1.165) is 18.4 Å². The Labute approximate surface area is 101 Å². The van der Waals surface area contributed by atoms with Gasteiger partial charge in [0.2, 0.25) is 0 Å². The van der Waals surface area contributed by atoms with Crippen molar-refractivity contribution >= 4 is 11.6 Å². The zero-order chi connectivity index (χ0) is 11.7. The molecule has 1 aliphatic rings. The summed E-state index contributed by atoms with van der Waals surface area (Å²) in [6, 6.07) is 2.91. The molecule has 1 aromatic carbocycles. The molecule has 1 fully saturated rings. The van der Waals surface area contributed by atoms with Gasteiger partial charge in [-0.3, -0.25) is 0 Å². The SMILES string of the molecule is Cc1ccc(F)c([C@@H](N)C2CCCC2)c1Cl. The highest BCUT2D eigenvalue weighted by atomic mass is 35.5. The summed E-state index contributed by atoms with van der Waals surface area (Å²) in [6.07, 6.45) is 4.57. The normalized spacial score (nSPS) is 19.0. The molecule has 0 saturated heterocycles. The molecule has 2 N–H and O–H groups in total. The lowest BCUT2D eigenvalue weighted by Crippen LogP contribution is -2.21. The molecular weight excluding hydrogens is 225 g/mol. The van der Waals surface area contributed by atoms with E-state index in [1.54, 1.807) is 6.07 Å². The molecule has 1 nitrogen and oxygen atoms in total. The monoisotopic (exact) mass is 241 g/mol. The second-order valence-electron chi connectivity index (χ2n) is 4.66. The lowest BCUT2D eigenvalue weighted by molar-refractivity contribution is 0.429. The Kier molecular flexibility index (Phi) is 3.50. The molecule has 88 valence electrons. The molecule has 0 unspecified atom stereocenters. The van der Waals surface area contributed by atoms with Crippen LogP contribution in [0.15, 0.2) is 12.1 Å². The van der Waals surface area contributed by atoms with Gasteiger partial charge in [0.25, 0.3) is 0 Å². The molecule has 1 saturated carbocycles. The first-order valence-corrected chi connectivity index (χ1v) is 6.19. The summed E-state index contributed by atoms with van der Waals surface area (Å²) >= 11 is 6.15. The number of halogens is 2. The maximum absolute atomic E-state index is 13.8. The summed E-state index contributed by atoms with van der Waals surface area (Å²) in [4.78, 5) is 0. The molecule has 0 heterocycles. The van der Waals surface area contributed by atoms with Crippen molar-refractivity contribution in [1.82, 2.24) is 0 Å². The van der Waals surface area contributed by atoms with Gasteiger partial charge in [-0.15, -0.1) is 0 Å². The largest absolute Gasteiger partial charge is 0.324 e. The standard InChI is InChI=1S/C13H17ClFN/c1-8-6-7-10(15)11(12(8)14)13(16)9-4-2-3-5-9/h6-7,9,13H,2-5,16H2,1H3/t13-/m0/s1. The van der Waals surface area contributed by atoms with Crippen molar-refractivity contribution < 1.29 is 4.39 Å². The van der Waals surface area contributed by atoms with Crippen LogP contribution in [0.3, 0.4) is 0 Å². The highest BCUT2D eigenvalue weighted by Gasteiger charge is 2.27. The van der Waals surface area contributed by atoms with E-state index in [1.165, 1.54) is 18.9 Å². The molecule has 3 heteroatoms. The van der Waals surface area contributed by atoms with Gasteiger partial charge in [0.05, 0.1) is 5.02 Å². The summed E-state index contributed by atoms with van der Waals surface area (Å²) in [5.74, 6) is 0.115. The second-order valence-corrected chi connectivity index (χ2v) is 5.04. The maximum atomic E-state index is 13.8. The first-order chi connectivity index (χ1) is 7.61. The van der Waals surface area contributed by atoms with Crippen molar-refractivity contribution in [3.63, 3.8) is 0 Å². The Morgan fingerprint density at radius 1 is 1.38 bits per heavy atom. The van der Waals surface area contributed by atoms with Gasteiger partial charge in [0.1, 0.15) is 5.82 Å². The van der Waals surface area contributed by atoms with E-state index in [1.807, 2.05) is 6.92 Å². The third kappa shape index (κ3) is 2.09. The topological polar surface area (TPSA) is 26.0 Å². The number of nitrogens with two attached hydrogens (primary N) is 1. The molecule has 16 heavy (non-hydrogen) atoms. The van der Waals surface area contributed by atoms with E-state index >= 15 is 0 Å². The van der Waals surface area contributed by atoms with Crippen LogP contribution >= 0.6 is 11.6 Å². The van der Waals surface area contributed by atoms with Crippen LogP contribution in [0.1, 0.15) is 42.9 Å². The molecule has 0 bridgehead atoms. The zero-order valence-electron chi connectivity index (χ0n) is 9.47. The number of hydrogen-bond donors (Lipinski definition) is 1. The third-order valence-corrected chi connectivity index (χ3v) is 4.06. The molecule has 0 aliphatic heterocycles. The number of rotatable bonds is 2. The van der Waals surface area contributed by atoms with Gasteiger partial charge in [0.15, 0.2) is 0 Å². The van der Waals surface area contributed by atoms with Crippen LogP contribution in [-0.2, 0) is 0 Å². The predicted octanol–water partition coefficient (Wildman–Crippen LogP) is 3.98. The van der Waals surface area contributed by atoms with E-state index in [4.69, 9.17) is 17.3 Å². The molecule has 0 amide bonds. The average molecular weight is 242 g/mol. The van der Waals surface area contributed by atoms with E-state index in [0.29, 0.717) is 16.5 Å². The number of benzene rings is 1. The van der Waals surface area contributed by atoms with E-state index in [2.05, 4.69) is 0 Å². The molecule has 2 rings (SSSR count). The quantitative estimate of drug-likeness (QED) is 0.833. The minimum atomic E-state index is -0.269. The van der Waals surface area contributed by atoms with Crippen molar-refractivity contribution in [3.8, 4) is 0 Å². The molecule has 0 aromatic heterocycles. The number of aryl methyl sites for hydroxylation is 1. The predicted molar refractivity (Wildman–Crippen MR) is 65.0 cm³/mol. The van der Waals surface area contributed by atoms with Gasteiger partial charge in [0, 0.05) is 11.6 Å². The average Bonchev–Trinajstić information content (AvgIpc) is 2.77. The number of hydrogen-bond acceptors (Lipinski definition) is 1. The Morgan fingerprint density at radius 2 is 2.00 bits per heavy atom. The lowest BCUT2D eigenvalue weighted by atomic mass is 9.91. The molecule has 1 aliphatic carbocycles. The highest BCUT2D eigenvalue weighted by Crippen LogP contribution is 2.38. The van der Waals surface area contributed by atoms with Crippen LogP contribution in [0.2, 0.25) is 5.02 Å². The Morgan fingerprint density at radius 3 is 2.62 bits per heavy atom. The summed E-state index contributed by atoms with van der Waals surface area (Å²) in [5, 5.41) is 0.499. The van der Waals surface area contributed by atoms with Crippen LogP contribution in [0, 0.1) is 18.7 Å². The fourth-order valence-corrected chi connectivity index (χ4v) is 2.82. The Bertz CT molecular complexity index is 386. The summed E-state index contributed by atoms with van der Waals surface area (Å²) in [6.45, 7) is 1.88. The Balaban J connectivity index is 2.34. The third-order valence-electron chi connectivity index (χ3n) is 3.56. The van der Waals surface area contributed by atoms with E-state index < -0.39 is 0 Å². The van der Waals surface area contributed by atoms with Gasteiger partial charge in [-0.1, -0.05) is 30.5 Å².